The molecule has 1 aromatic rings. The molecule has 1 amide bonds. The number of ether oxygens (including phenoxy) is 1. The number of amides is 1. The van der Waals surface area contributed by atoms with Crippen molar-refractivity contribution in [2.75, 3.05) is 25.1 Å². The minimum Gasteiger partial charge on any atom is -0.385 e. The Hall–Kier alpha value is -1.55. The van der Waals surface area contributed by atoms with Crippen LogP contribution in [0.1, 0.15) is 43.1 Å². The van der Waals surface area contributed by atoms with E-state index in [4.69, 9.17) is 4.74 Å². The Morgan fingerprint density at radius 2 is 2.24 bits per heavy atom. The molecule has 2 N–H and O–H groups in total. The van der Waals surface area contributed by atoms with Crippen molar-refractivity contribution in [3.8, 4) is 0 Å². The fourth-order valence-electron chi connectivity index (χ4n) is 2.61. The molecule has 1 heterocycles. The minimum atomic E-state index is 0.00829. The van der Waals surface area contributed by atoms with E-state index < -0.39 is 0 Å². The molecule has 1 aliphatic rings. The summed E-state index contributed by atoms with van der Waals surface area (Å²) in [6.45, 7) is 8.39. The quantitative estimate of drug-likeness (QED) is 0.847. The molecule has 1 aromatic carbocycles. The monoisotopic (exact) mass is 290 g/mol. The highest BCUT2D eigenvalue weighted by molar-refractivity contribution is 5.97. The summed E-state index contributed by atoms with van der Waals surface area (Å²) in [7, 11) is 0. The van der Waals surface area contributed by atoms with Crippen molar-refractivity contribution in [2.45, 2.75) is 39.7 Å². The van der Waals surface area contributed by atoms with Crippen LogP contribution in [0.15, 0.2) is 18.2 Å². The molecule has 0 spiro atoms. The van der Waals surface area contributed by atoms with E-state index in [0.717, 1.165) is 36.2 Å². The maximum atomic E-state index is 12.6. The van der Waals surface area contributed by atoms with Crippen LogP contribution in [0.5, 0.6) is 0 Å². The maximum absolute atomic E-state index is 12.6. The highest BCUT2D eigenvalue weighted by Crippen LogP contribution is 2.25. The number of hydrogen-bond donors (Lipinski definition) is 2. The zero-order valence-corrected chi connectivity index (χ0v) is 13.2. The van der Waals surface area contributed by atoms with Gasteiger partial charge in [0, 0.05) is 24.4 Å². The SMILES string of the molecule is CCOCC(NC(=O)c1cccc2c1CCCN2)C(C)C. The van der Waals surface area contributed by atoms with E-state index >= 15 is 0 Å². The summed E-state index contributed by atoms with van der Waals surface area (Å²) in [5.41, 5.74) is 3.03. The van der Waals surface area contributed by atoms with Gasteiger partial charge < -0.3 is 15.4 Å². The fourth-order valence-corrected chi connectivity index (χ4v) is 2.61. The number of hydrogen-bond acceptors (Lipinski definition) is 3. The Balaban J connectivity index is 2.12. The van der Waals surface area contributed by atoms with E-state index in [1.165, 1.54) is 0 Å². The number of carbonyl (C=O) groups excluding carboxylic acids is 1. The summed E-state index contributed by atoms with van der Waals surface area (Å²) >= 11 is 0. The largest absolute Gasteiger partial charge is 0.385 e. The second-order valence-electron chi connectivity index (χ2n) is 5.85. The van der Waals surface area contributed by atoms with Crippen LogP contribution in [0, 0.1) is 5.92 Å². The van der Waals surface area contributed by atoms with Gasteiger partial charge in [0.2, 0.25) is 0 Å². The van der Waals surface area contributed by atoms with E-state index in [9.17, 15) is 4.79 Å². The van der Waals surface area contributed by atoms with Crippen molar-refractivity contribution in [3.05, 3.63) is 29.3 Å². The normalized spacial score (nSPS) is 15.2. The molecule has 21 heavy (non-hydrogen) atoms. The summed E-state index contributed by atoms with van der Waals surface area (Å²) in [4.78, 5) is 12.6. The minimum absolute atomic E-state index is 0.00829. The molecule has 116 valence electrons. The van der Waals surface area contributed by atoms with Crippen LogP contribution in [-0.4, -0.2) is 31.7 Å². The number of rotatable bonds is 6. The first-order valence-electron chi connectivity index (χ1n) is 7.87. The zero-order chi connectivity index (χ0) is 15.2. The number of carbonyl (C=O) groups is 1. The van der Waals surface area contributed by atoms with Crippen molar-refractivity contribution in [3.63, 3.8) is 0 Å². The van der Waals surface area contributed by atoms with E-state index in [2.05, 4.69) is 24.5 Å². The van der Waals surface area contributed by atoms with Gasteiger partial charge in [-0.05, 0) is 43.4 Å². The highest BCUT2D eigenvalue weighted by atomic mass is 16.5. The lowest BCUT2D eigenvalue weighted by Gasteiger charge is -2.24. The third kappa shape index (κ3) is 3.97. The lowest BCUT2D eigenvalue weighted by molar-refractivity contribution is 0.0805. The Labute approximate surface area is 127 Å². The number of benzene rings is 1. The standard InChI is InChI=1S/C17H26N2O2/c1-4-21-11-16(12(2)3)19-17(20)14-7-5-9-15-13(14)8-6-10-18-15/h5,7,9,12,16,18H,4,6,8,10-11H2,1-3H3,(H,19,20). The predicted molar refractivity (Wildman–Crippen MR) is 85.8 cm³/mol. The topological polar surface area (TPSA) is 50.4 Å². The van der Waals surface area contributed by atoms with Gasteiger partial charge >= 0.3 is 0 Å². The van der Waals surface area contributed by atoms with Gasteiger partial charge in [-0.3, -0.25) is 4.79 Å². The average molecular weight is 290 g/mol. The summed E-state index contributed by atoms with van der Waals surface area (Å²) < 4.78 is 5.48. The molecule has 1 aliphatic heterocycles. The molecule has 0 radical (unpaired) electrons. The third-order valence-electron chi connectivity index (χ3n) is 3.96. The van der Waals surface area contributed by atoms with Crippen LogP contribution < -0.4 is 10.6 Å². The van der Waals surface area contributed by atoms with Crippen LogP contribution in [0.4, 0.5) is 5.69 Å². The molecule has 0 saturated carbocycles. The van der Waals surface area contributed by atoms with Gasteiger partial charge in [0.25, 0.3) is 5.91 Å². The van der Waals surface area contributed by atoms with Crippen LogP contribution in [0.2, 0.25) is 0 Å². The smallest absolute Gasteiger partial charge is 0.251 e. The molecule has 0 bridgehead atoms. The lowest BCUT2D eigenvalue weighted by atomic mass is 9.96. The van der Waals surface area contributed by atoms with Crippen molar-refractivity contribution < 1.29 is 9.53 Å². The van der Waals surface area contributed by atoms with E-state index in [1.54, 1.807) is 0 Å². The van der Waals surface area contributed by atoms with E-state index in [-0.39, 0.29) is 11.9 Å². The average Bonchev–Trinajstić information content (AvgIpc) is 2.50. The molecule has 1 atom stereocenters. The second-order valence-corrected chi connectivity index (χ2v) is 5.85. The third-order valence-corrected chi connectivity index (χ3v) is 3.96. The number of nitrogens with one attached hydrogen (secondary N) is 2. The highest BCUT2D eigenvalue weighted by Gasteiger charge is 2.21. The Morgan fingerprint density at radius 1 is 1.43 bits per heavy atom. The molecule has 0 saturated heterocycles. The van der Waals surface area contributed by atoms with Gasteiger partial charge in [-0.2, -0.15) is 0 Å². The molecule has 0 aliphatic carbocycles. The van der Waals surface area contributed by atoms with Crippen molar-refractivity contribution in [1.82, 2.24) is 5.32 Å². The molecule has 2 rings (SSSR count). The first-order valence-corrected chi connectivity index (χ1v) is 7.87. The van der Waals surface area contributed by atoms with E-state index in [1.807, 2.05) is 25.1 Å². The Kier molecular flexibility index (Phi) is 5.62. The molecule has 4 nitrogen and oxygen atoms in total. The predicted octanol–water partition coefficient (Wildman–Crippen LogP) is 2.84. The molecule has 4 heteroatoms. The van der Waals surface area contributed by atoms with Gasteiger partial charge in [0.05, 0.1) is 12.6 Å². The summed E-state index contributed by atoms with van der Waals surface area (Å²) in [6, 6.07) is 5.95. The zero-order valence-electron chi connectivity index (χ0n) is 13.2. The van der Waals surface area contributed by atoms with Gasteiger partial charge in [-0.15, -0.1) is 0 Å². The van der Waals surface area contributed by atoms with Gasteiger partial charge in [-0.25, -0.2) is 0 Å². The van der Waals surface area contributed by atoms with Crippen molar-refractivity contribution in [1.29, 1.82) is 0 Å². The van der Waals surface area contributed by atoms with Crippen molar-refractivity contribution in [2.24, 2.45) is 5.92 Å². The van der Waals surface area contributed by atoms with Crippen LogP contribution >= 0.6 is 0 Å². The van der Waals surface area contributed by atoms with Crippen LogP contribution in [0.25, 0.3) is 0 Å². The summed E-state index contributed by atoms with van der Waals surface area (Å²) in [6.07, 6.45) is 2.04. The van der Waals surface area contributed by atoms with E-state index in [0.29, 0.717) is 19.1 Å². The van der Waals surface area contributed by atoms with Gasteiger partial charge in [0.1, 0.15) is 0 Å². The molecule has 0 aromatic heterocycles. The molecular formula is C17H26N2O2. The summed E-state index contributed by atoms with van der Waals surface area (Å²) in [5.74, 6) is 0.354. The molecule has 1 unspecified atom stereocenters. The Bertz CT molecular complexity index is 486. The first kappa shape index (κ1) is 15.8. The number of anilines is 1. The Morgan fingerprint density at radius 3 is 2.95 bits per heavy atom. The lowest BCUT2D eigenvalue weighted by Crippen LogP contribution is -2.42. The van der Waals surface area contributed by atoms with Crippen LogP contribution in [0.3, 0.4) is 0 Å². The van der Waals surface area contributed by atoms with Crippen molar-refractivity contribution >= 4 is 11.6 Å². The van der Waals surface area contributed by atoms with Gasteiger partial charge in [0.15, 0.2) is 0 Å². The first-order chi connectivity index (χ1) is 10.1. The number of fused-ring (bicyclic) bond motifs is 1. The molecular weight excluding hydrogens is 264 g/mol. The molecule has 0 fully saturated rings. The van der Waals surface area contributed by atoms with Gasteiger partial charge in [-0.1, -0.05) is 19.9 Å². The maximum Gasteiger partial charge on any atom is 0.251 e. The summed E-state index contributed by atoms with van der Waals surface area (Å²) in [5, 5.41) is 6.49. The fraction of sp³-hybridized carbons (Fsp3) is 0.588. The second kappa shape index (κ2) is 7.46. The van der Waals surface area contributed by atoms with Crippen LogP contribution in [-0.2, 0) is 11.2 Å².